The molecule has 0 unspecified atom stereocenters. The quantitative estimate of drug-likeness (QED) is 0.379. The van der Waals surface area contributed by atoms with E-state index < -0.39 is 0 Å². The fraction of sp³-hybridized carbons (Fsp3) is 0.700. The molecule has 2 fully saturated rings. The standard InChI is InChI=1S/C20H33N5O/c1-21-20(23-12-17-26-18-8-4-2-3-5-9-18)25-15-13-24(14-16-25)19-10-6-7-11-22-19/h6-7,10-11,18H,2-5,8-9,12-17H2,1H3,(H,21,23). The van der Waals surface area contributed by atoms with Gasteiger partial charge in [0, 0.05) is 46.0 Å². The van der Waals surface area contributed by atoms with E-state index >= 15 is 0 Å². The molecule has 6 nitrogen and oxygen atoms in total. The maximum Gasteiger partial charge on any atom is 0.193 e. The number of ether oxygens (including phenoxy) is 1. The van der Waals surface area contributed by atoms with E-state index in [1.165, 1.54) is 38.5 Å². The van der Waals surface area contributed by atoms with Crippen molar-refractivity contribution in [1.29, 1.82) is 0 Å². The lowest BCUT2D eigenvalue weighted by Gasteiger charge is -2.37. The SMILES string of the molecule is CN=C(NCCOC1CCCCCC1)N1CCN(c2ccccn2)CC1. The molecule has 26 heavy (non-hydrogen) atoms. The third-order valence-electron chi connectivity index (χ3n) is 5.31. The molecule has 0 aromatic carbocycles. The average molecular weight is 360 g/mol. The highest BCUT2D eigenvalue weighted by Gasteiger charge is 2.20. The topological polar surface area (TPSA) is 53.0 Å². The van der Waals surface area contributed by atoms with Gasteiger partial charge in [0.05, 0.1) is 12.7 Å². The molecule has 1 aromatic rings. The van der Waals surface area contributed by atoms with E-state index in [9.17, 15) is 0 Å². The molecule has 1 aromatic heterocycles. The van der Waals surface area contributed by atoms with E-state index in [1.54, 1.807) is 0 Å². The summed E-state index contributed by atoms with van der Waals surface area (Å²) in [7, 11) is 1.86. The third kappa shape index (κ3) is 5.59. The van der Waals surface area contributed by atoms with Crippen LogP contribution in [0.4, 0.5) is 5.82 Å². The first kappa shape index (κ1) is 19.0. The largest absolute Gasteiger partial charge is 0.376 e. The Morgan fingerprint density at radius 2 is 1.92 bits per heavy atom. The smallest absolute Gasteiger partial charge is 0.193 e. The van der Waals surface area contributed by atoms with Gasteiger partial charge in [-0.25, -0.2) is 4.98 Å². The fourth-order valence-electron chi connectivity index (χ4n) is 3.82. The number of hydrogen-bond acceptors (Lipinski definition) is 4. The van der Waals surface area contributed by atoms with Gasteiger partial charge in [-0.3, -0.25) is 4.99 Å². The minimum absolute atomic E-state index is 0.461. The van der Waals surface area contributed by atoms with Crippen molar-refractivity contribution in [2.75, 3.05) is 51.3 Å². The Morgan fingerprint density at radius 1 is 1.15 bits per heavy atom. The number of pyridine rings is 1. The summed E-state index contributed by atoms with van der Waals surface area (Å²) in [6.45, 7) is 5.44. The van der Waals surface area contributed by atoms with Gasteiger partial charge >= 0.3 is 0 Å². The number of piperazine rings is 1. The van der Waals surface area contributed by atoms with E-state index in [0.29, 0.717) is 6.10 Å². The predicted octanol–water partition coefficient (Wildman–Crippen LogP) is 2.52. The van der Waals surface area contributed by atoms with E-state index in [0.717, 1.165) is 51.1 Å². The summed E-state index contributed by atoms with van der Waals surface area (Å²) in [6.07, 6.45) is 10.2. The van der Waals surface area contributed by atoms with Crippen LogP contribution in [-0.4, -0.2) is 68.3 Å². The van der Waals surface area contributed by atoms with Crippen LogP contribution in [0.5, 0.6) is 0 Å². The third-order valence-corrected chi connectivity index (χ3v) is 5.31. The monoisotopic (exact) mass is 359 g/mol. The van der Waals surface area contributed by atoms with E-state index in [1.807, 2.05) is 25.4 Å². The highest BCUT2D eigenvalue weighted by atomic mass is 16.5. The minimum atomic E-state index is 0.461. The van der Waals surface area contributed by atoms with Crippen LogP contribution in [0.3, 0.4) is 0 Å². The number of hydrogen-bond donors (Lipinski definition) is 1. The maximum absolute atomic E-state index is 6.07. The van der Waals surface area contributed by atoms with Gasteiger partial charge in [-0.05, 0) is 25.0 Å². The average Bonchev–Trinajstić information content (AvgIpc) is 2.98. The Bertz CT molecular complexity index is 534. The lowest BCUT2D eigenvalue weighted by Crippen LogP contribution is -2.53. The van der Waals surface area contributed by atoms with Gasteiger partial charge in [0.1, 0.15) is 5.82 Å². The van der Waals surface area contributed by atoms with Gasteiger partial charge in [-0.1, -0.05) is 31.7 Å². The van der Waals surface area contributed by atoms with Crippen molar-refractivity contribution in [3.8, 4) is 0 Å². The molecule has 144 valence electrons. The van der Waals surface area contributed by atoms with Gasteiger partial charge in [-0.15, -0.1) is 0 Å². The first-order valence-corrected chi connectivity index (χ1v) is 10.1. The molecule has 0 bridgehead atoms. The molecule has 1 aliphatic carbocycles. The van der Waals surface area contributed by atoms with Crippen LogP contribution in [0.15, 0.2) is 29.4 Å². The van der Waals surface area contributed by atoms with Gasteiger partial charge in [-0.2, -0.15) is 0 Å². The number of aliphatic imine (C=N–C) groups is 1. The molecule has 0 atom stereocenters. The molecular formula is C20H33N5O. The Balaban J connectivity index is 1.37. The summed E-state index contributed by atoms with van der Waals surface area (Å²) in [5, 5.41) is 3.47. The Kier molecular flexibility index (Phi) is 7.55. The van der Waals surface area contributed by atoms with Crippen molar-refractivity contribution >= 4 is 11.8 Å². The zero-order chi connectivity index (χ0) is 18.0. The molecule has 1 N–H and O–H groups in total. The van der Waals surface area contributed by atoms with Crippen molar-refractivity contribution in [2.24, 2.45) is 4.99 Å². The summed E-state index contributed by atoms with van der Waals surface area (Å²) in [4.78, 5) is 13.6. The number of anilines is 1. The summed E-state index contributed by atoms with van der Waals surface area (Å²) in [5.74, 6) is 2.04. The van der Waals surface area contributed by atoms with Gasteiger partial charge in [0.25, 0.3) is 0 Å². The maximum atomic E-state index is 6.07. The highest BCUT2D eigenvalue weighted by molar-refractivity contribution is 5.80. The normalized spacial score (nSPS) is 20.1. The van der Waals surface area contributed by atoms with Crippen LogP contribution in [0.2, 0.25) is 0 Å². The van der Waals surface area contributed by atoms with Gasteiger partial charge < -0.3 is 19.9 Å². The van der Waals surface area contributed by atoms with E-state index in [-0.39, 0.29) is 0 Å². The zero-order valence-electron chi connectivity index (χ0n) is 16.1. The molecule has 6 heteroatoms. The van der Waals surface area contributed by atoms with Crippen molar-refractivity contribution in [3.63, 3.8) is 0 Å². The van der Waals surface area contributed by atoms with Crippen LogP contribution < -0.4 is 10.2 Å². The first-order valence-electron chi connectivity index (χ1n) is 10.1. The molecule has 3 rings (SSSR count). The first-order chi connectivity index (χ1) is 12.9. The second kappa shape index (κ2) is 10.4. The lowest BCUT2D eigenvalue weighted by atomic mass is 10.1. The highest BCUT2D eigenvalue weighted by Crippen LogP contribution is 2.19. The van der Waals surface area contributed by atoms with E-state index in [4.69, 9.17) is 4.74 Å². The fourth-order valence-corrected chi connectivity index (χ4v) is 3.82. The molecule has 1 saturated heterocycles. The molecule has 0 radical (unpaired) electrons. The number of nitrogens with one attached hydrogen (secondary N) is 1. The second-order valence-electron chi connectivity index (χ2n) is 7.12. The van der Waals surface area contributed by atoms with Crippen molar-refractivity contribution in [2.45, 2.75) is 44.6 Å². The predicted molar refractivity (Wildman–Crippen MR) is 107 cm³/mol. The van der Waals surface area contributed by atoms with E-state index in [2.05, 4.69) is 31.2 Å². The number of nitrogens with zero attached hydrogens (tertiary/aromatic N) is 4. The van der Waals surface area contributed by atoms with Gasteiger partial charge in [0.15, 0.2) is 5.96 Å². The van der Waals surface area contributed by atoms with Crippen LogP contribution >= 0.6 is 0 Å². The van der Waals surface area contributed by atoms with Crippen LogP contribution in [0.1, 0.15) is 38.5 Å². The zero-order valence-corrected chi connectivity index (χ0v) is 16.1. The summed E-state index contributed by atoms with van der Waals surface area (Å²) in [5.41, 5.74) is 0. The number of aromatic nitrogens is 1. The molecule has 2 heterocycles. The molecule has 1 aliphatic heterocycles. The summed E-state index contributed by atoms with van der Waals surface area (Å²) < 4.78 is 6.07. The Hall–Kier alpha value is -1.82. The number of guanidine groups is 1. The van der Waals surface area contributed by atoms with Crippen molar-refractivity contribution in [1.82, 2.24) is 15.2 Å². The Labute approximate surface area is 157 Å². The molecule has 1 saturated carbocycles. The Morgan fingerprint density at radius 3 is 2.58 bits per heavy atom. The lowest BCUT2D eigenvalue weighted by molar-refractivity contribution is 0.0465. The molecular weight excluding hydrogens is 326 g/mol. The van der Waals surface area contributed by atoms with Crippen LogP contribution in [0.25, 0.3) is 0 Å². The molecule has 0 spiro atoms. The summed E-state index contributed by atoms with van der Waals surface area (Å²) >= 11 is 0. The molecule has 0 amide bonds. The number of rotatable bonds is 5. The minimum Gasteiger partial charge on any atom is -0.376 e. The van der Waals surface area contributed by atoms with Gasteiger partial charge in [0.2, 0.25) is 0 Å². The second-order valence-corrected chi connectivity index (χ2v) is 7.12. The van der Waals surface area contributed by atoms with Crippen LogP contribution in [-0.2, 0) is 4.74 Å². The summed E-state index contributed by atoms with van der Waals surface area (Å²) in [6, 6.07) is 6.08. The van der Waals surface area contributed by atoms with Crippen LogP contribution in [0, 0.1) is 0 Å². The van der Waals surface area contributed by atoms with Crippen molar-refractivity contribution in [3.05, 3.63) is 24.4 Å². The van der Waals surface area contributed by atoms with Crippen molar-refractivity contribution < 1.29 is 4.74 Å². The molecule has 2 aliphatic rings.